The lowest BCUT2D eigenvalue weighted by molar-refractivity contribution is 0.0600. The van der Waals surface area contributed by atoms with Crippen LogP contribution in [0, 0.1) is 6.92 Å². The molecule has 0 aliphatic carbocycles. The number of methoxy groups -OCH3 is 1. The highest BCUT2D eigenvalue weighted by Gasteiger charge is 2.09. The monoisotopic (exact) mass is 375 g/mol. The molecule has 0 saturated carbocycles. The Morgan fingerprint density at radius 2 is 1.68 bits per heavy atom. The van der Waals surface area contributed by atoms with Crippen molar-refractivity contribution in [1.29, 1.82) is 0 Å². The Morgan fingerprint density at radius 3 is 2.36 bits per heavy atom. The first-order chi connectivity index (χ1) is 13.5. The fourth-order valence-corrected chi connectivity index (χ4v) is 2.58. The summed E-state index contributed by atoms with van der Waals surface area (Å²) in [5.41, 5.74) is 3.84. The lowest BCUT2D eigenvalue weighted by Gasteiger charge is -2.09. The summed E-state index contributed by atoms with van der Waals surface area (Å²) >= 11 is 0. The molecule has 0 radical (unpaired) electrons. The van der Waals surface area contributed by atoms with Crippen molar-refractivity contribution in [3.8, 4) is 0 Å². The predicted octanol–water partition coefficient (Wildman–Crippen LogP) is 4.04. The summed E-state index contributed by atoms with van der Waals surface area (Å²) in [4.78, 5) is 28.2. The topological polar surface area (TPSA) is 80.3 Å². The maximum absolute atomic E-state index is 12.5. The molecule has 142 valence electrons. The second-order valence-corrected chi connectivity index (χ2v) is 6.29. The highest BCUT2D eigenvalue weighted by Crippen LogP contribution is 2.14. The highest BCUT2D eigenvalue weighted by atomic mass is 16.5. The number of hydrogen-bond acceptors (Lipinski definition) is 5. The van der Waals surface area contributed by atoms with Gasteiger partial charge in [-0.3, -0.25) is 4.79 Å². The van der Waals surface area contributed by atoms with Gasteiger partial charge in [0.1, 0.15) is 5.82 Å². The van der Waals surface area contributed by atoms with Gasteiger partial charge in [-0.1, -0.05) is 29.8 Å². The number of hydrogen-bond donors (Lipinski definition) is 2. The summed E-state index contributed by atoms with van der Waals surface area (Å²) in [7, 11) is 1.33. The Hall–Kier alpha value is -3.67. The third-order valence-electron chi connectivity index (χ3n) is 4.18. The van der Waals surface area contributed by atoms with Gasteiger partial charge >= 0.3 is 5.97 Å². The predicted molar refractivity (Wildman–Crippen MR) is 108 cm³/mol. The molecule has 0 saturated heterocycles. The van der Waals surface area contributed by atoms with Crippen LogP contribution in [0.1, 0.15) is 31.8 Å². The SMILES string of the molecule is COC(=O)c1ccc(NC(=O)c2ccnc(NCc3ccc(C)cc3)c2)cc1. The average molecular weight is 375 g/mol. The first-order valence-electron chi connectivity index (χ1n) is 8.80. The van der Waals surface area contributed by atoms with E-state index in [0.29, 0.717) is 29.2 Å². The number of carbonyl (C=O) groups is 2. The summed E-state index contributed by atoms with van der Waals surface area (Å²) in [6.07, 6.45) is 1.59. The molecule has 3 aromatic rings. The van der Waals surface area contributed by atoms with Crippen molar-refractivity contribution >= 4 is 23.4 Å². The highest BCUT2D eigenvalue weighted by molar-refractivity contribution is 6.04. The quantitative estimate of drug-likeness (QED) is 0.636. The first kappa shape index (κ1) is 19.1. The maximum atomic E-state index is 12.5. The second kappa shape index (κ2) is 8.81. The number of pyridine rings is 1. The van der Waals surface area contributed by atoms with Gasteiger partial charge in [0.25, 0.3) is 5.91 Å². The zero-order valence-electron chi connectivity index (χ0n) is 15.7. The van der Waals surface area contributed by atoms with Crippen molar-refractivity contribution in [3.63, 3.8) is 0 Å². The number of aromatic nitrogens is 1. The normalized spacial score (nSPS) is 10.2. The first-order valence-corrected chi connectivity index (χ1v) is 8.80. The van der Waals surface area contributed by atoms with E-state index in [2.05, 4.69) is 44.6 Å². The number of anilines is 2. The molecule has 1 amide bonds. The largest absolute Gasteiger partial charge is 0.465 e. The minimum absolute atomic E-state index is 0.258. The van der Waals surface area contributed by atoms with Gasteiger partial charge in [0.05, 0.1) is 12.7 Å². The molecule has 0 bridgehead atoms. The number of ether oxygens (including phenoxy) is 1. The smallest absolute Gasteiger partial charge is 0.337 e. The molecule has 6 heteroatoms. The van der Waals surface area contributed by atoms with Crippen molar-refractivity contribution in [3.05, 3.63) is 89.1 Å². The number of amides is 1. The Kier molecular flexibility index (Phi) is 6.01. The van der Waals surface area contributed by atoms with Crippen LogP contribution in [0.2, 0.25) is 0 Å². The summed E-state index contributed by atoms with van der Waals surface area (Å²) in [6, 6.07) is 18.1. The Balaban J connectivity index is 1.63. The van der Waals surface area contributed by atoms with Crippen molar-refractivity contribution in [1.82, 2.24) is 4.98 Å². The summed E-state index contributed by atoms with van der Waals surface area (Å²) in [5.74, 6) is -0.0582. The van der Waals surface area contributed by atoms with Gasteiger partial charge in [-0.05, 0) is 48.9 Å². The van der Waals surface area contributed by atoms with Crippen molar-refractivity contribution in [2.75, 3.05) is 17.7 Å². The van der Waals surface area contributed by atoms with Gasteiger partial charge in [-0.15, -0.1) is 0 Å². The zero-order chi connectivity index (χ0) is 19.9. The van der Waals surface area contributed by atoms with Crippen LogP contribution in [0.3, 0.4) is 0 Å². The maximum Gasteiger partial charge on any atom is 0.337 e. The van der Waals surface area contributed by atoms with Crippen molar-refractivity contribution < 1.29 is 14.3 Å². The van der Waals surface area contributed by atoms with Gasteiger partial charge in [-0.2, -0.15) is 0 Å². The average Bonchev–Trinajstić information content (AvgIpc) is 2.73. The van der Waals surface area contributed by atoms with Crippen LogP contribution in [-0.2, 0) is 11.3 Å². The molecule has 0 aliphatic rings. The van der Waals surface area contributed by atoms with Crippen LogP contribution < -0.4 is 10.6 Å². The van der Waals surface area contributed by atoms with E-state index < -0.39 is 5.97 Å². The molecule has 0 unspecified atom stereocenters. The molecular weight excluding hydrogens is 354 g/mol. The van der Waals surface area contributed by atoms with Gasteiger partial charge in [-0.25, -0.2) is 9.78 Å². The van der Waals surface area contributed by atoms with Crippen LogP contribution in [0.4, 0.5) is 11.5 Å². The zero-order valence-corrected chi connectivity index (χ0v) is 15.7. The number of esters is 1. The third-order valence-corrected chi connectivity index (χ3v) is 4.18. The van der Waals surface area contributed by atoms with Crippen LogP contribution in [-0.4, -0.2) is 24.0 Å². The molecule has 0 atom stereocenters. The van der Waals surface area contributed by atoms with Crippen molar-refractivity contribution in [2.24, 2.45) is 0 Å². The molecule has 3 rings (SSSR count). The minimum atomic E-state index is -0.420. The molecule has 6 nitrogen and oxygen atoms in total. The van der Waals surface area contributed by atoms with E-state index >= 15 is 0 Å². The van der Waals surface area contributed by atoms with Gasteiger partial charge in [0.15, 0.2) is 0 Å². The Morgan fingerprint density at radius 1 is 0.964 bits per heavy atom. The molecule has 1 aromatic heterocycles. The fraction of sp³-hybridized carbons (Fsp3) is 0.136. The van der Waals surface area contributed by atoms with Crippen LogP contribution >= 0.6 is 0 Å². The summed E-state index contributed by atoms with van der Waals surface area (Å²) < 4.78 is 4.66. The van der Waals surface area contributed by atoms with E-state index in [9.17, 15) is 9.59 Å². The van der Waals surface area contributed by atoms with Crippen LogP contribution in [0.15, 0.2) is 66.9 Å². The van der Waals surface area contributed by atoms with E-state index in [1.807, 2.05) is 6.92 Å². The fourth-order valence-electron chi connectivity index (χ4n) is 2.58. The van der Waals surface area contributed by atoms with Crippen LogP contribution in [0.25, 0.3) is 0 Å². The van der Waals surface area contributed by atoms with Gasteiger partial charge < -0.3 is 15.4 Å². The van der Waals surface area contributed by atoms with E-state index in [4.69, 9.17) is 0 Å². The minimum Gasteiger partial charge on any atom is -0.465 e. The number of rotatable bonds is 6. The van der Waals surface area contributed by atoms with E-state index in [1.54, 1.807) is 42.6 Å². The Labute approximate surface area is 163 Å². The van der Waals surface area contributed by atoms with E-state index in [0.717, 1.165) is 5.56 Å². The molecule has 0 spiro atoms. The molecule has 28 heavy (non-hydrogen) atoms. The van der Waals surface area contributed by atoms with Gasteiger partial charge in [0.2, 0.25) is 0 Å². The number of aryl methyl sites for hydroxylation is 1. The number of nitrogens with one attached hydrogen (secondary N) is 2. The standard InChI is InChI=1S/C22H21N3O3/c1-15-3-5-16(6-4-15)14-24-20-13-18(11-12-23-20)21(26)25-19-9-7-17(8-10-19)22(27)28-2/h3-13H,14H2,1-2H3,(H,23,24)(H,25,26). The third kappa shape index (κ3) is 4.94. The lowest BCUT2D eigenvalue weighted by Crippen LogP contribution is -2.13. The summed E-state index contributed by atoms with van der Waals surface area (Å²) in [6.45, 7) is 2.66. The van der Waals surface area contributed by atoms with E-state index in [-0.39, 0.29) is 5.91 Å². The summed E-state index contributed by atoms with van der Waals surface area (Å²) in [5, 5.41) is 6.03. The number of benzene rings is 2. The Bertz CT molecular complexity index is 967. The number of carbonyl (C=O) groups excluding carboxylic acids is 2. The van der Waals surface area contributed by atoms with Crippen LogP contribution in [0.5, 0.6) is 0 Å². The molecule has 2 aromatic carbocycles. The van der Waals surface area contributed by atoms with Crippen molar-refractivity contribution in [2.45, 2.75) is 13.5 Å². The molecule has 0 aliphatic heterocycles. The second-order valence-electron chi connectivity index (χ2n) is 6.29. The van der Waals surface area contributed by atoms with E-state index in [1.165, 1.54) is 12.7 Å². The molecule has 2 N–H and O–H groups in total. The lowest BCUT2D eigenvalue weighted by atomic mass is 10.1. The van der Waals surface area contributed by atoms with Gasteiger partial charge in [0, 0.05) is 24.0 Å². The number of nitrogens with zero attached hydrogens (tertiary/aromatic N) is 1. The molecule has 1 heterocycles. The molecular formula is C22H21N3O3. The molecule has 0 fully saturated rings.